The minimum Gasteiger partial charge on any atom is -0.494 e. The van der Waals surface area contributed by atoms with Gasteiger partial charge in [0.25, 0.3) is 0 Å². The minimum absolute atomic E-state index is 0.0224. The minimum atomic E-state index is -0.357. The number of halogens is 1. The van der Waals surface area contributed by atoms with Gasteiger partial charge in [-0.25, -0.2) is 4.39 Å². The molecule has 7 nitrogen and oxygen atoms in total. The highest BCUT2D eigenvalue weighted by atomic mass is 19.1. The summed E-state index contributed by atoms with van der Waals surface area (Å²) in [5, 5.41) is 4.70. The molecule has 0 spiro atoms. The Bertz CT molecular complexity index is 1120. The molecule has 3 aromatic rings. The summed E-state index contributed by atoms with van der Waals surface area (Å²) in [5.74, 6) is -0.136. The Morgan fingerprint density at radius 3 is 2.70 bits per heavy atom. The van der Waals surface area contributed by atoms with Gasteiger partial charge in [0, 0.05) is 10.9 Å². The van der Waals surface area contributed by atoms with Crippen LogP contribution in [-0.4, -0.2) is 53.9 Å². The van der Waals surface area contributed by atoms with Crippen molar-refractivity contribution in [2.75, 3.05) is 33.3 Å². The molecule has 8 heteroatoms. The average Bonchev–Trinajstić information content (AvgIpc) is 2.76. The van der Waals surface area contributed by atoms with E-state index >= 15 is 0 Å². The molecule has 4 rings (SSSR count). The Morgan fingerprint density at radius 1 is 1.20 bits per heavy atom. The van der Waals surface area contributed by atoms with E-state index in [1.807, 2.05) is 17.0 Å². The van der Waals surface area contributed by atoms with Gasteiger partial charge in [-0.15, -0.1) is 0 Å². The van der Waals surface area contributed by atoms with Crippen molar-refractivity contribution in [1.29, 1.82) is 0 Å². The molecule has 1 aliphatic heterocycles. The standard InChI is InChI=1S/C22H23FN4O3/c1-30-21-7-6-16(12-18(21)23)14-25-8-10-26(11-9-25)22(29)15-27-19-5-3-2-4-17(19)20(28)13-24-27/h2-7,12-13H,8-11,14-15H2,1H3/p+1. The number of aromatic nitrogens is 2. The third kappa shape index (κ3) is 4.18. The molecule has 0 saturated carbocycles. The van der Waals surface area contributed by atoms with E-state index in [-0.39, 0.29) is 29.4 Å². The normalized spacial score (nSPS) is 14.8. The predicted molar refractivity (Wildman–Crippen MR) is 110 cm³/mol. The van der Waals surface area contributed by atoms with Crippen LogP contribution in [0.15, 0.2) is 53.5 Å². The number of rotatable bonds is 5. The lowest BCUT2D eigenvalue weighted by molar-refractivity contribution is -0.917. The molecule has 1 saturated heterocycles. The number of amides is 1. The summed E-state index contributed by atoms with van der Waals surface area (Å²) in [7, 11) is 1.45. The molecule has 2 aromatic carbocycles. The summed E-state index contributed by atoms with van der Waals surface area (Å²) in [6, 6.07) is 12.2. The second kappa shape index (κ2) is 8.62. The maximum atomic E-state index is 13.9. The number of ether oxygens (including phenoxy) is 1. The molecule has 1 aliphatic rings. The maximum absolute atomic E-state index is 13.9. The third-order valence-corrected chi connectivity index (χ3v) is 5.54. The number of fused-ring (bicyclic) bond motifs is 1. The molecule has 0 radical (unpaired) electrons. The first-order chi connectivity index (χ1) is 14.5. The van der Waals surface area contributed by atoms with Crippen LogP contribution >= 0.6 is 0 Å². The second-order valence-electron chi connectivity index (χ2n) is 7.46. The van der Waals surface area contributed by atoms with Gasteiger partial charge in [-0.1, -0.05) is 12.1 Å². The third-order valence-electron chi connectivity index (χ3n) is 5.54. The van der Waals surface area contributed by atoms with Gasteiger partial charge in [-0.3, -0.25) is 14.3 Å². The first-order valence-corrected chi connectivity index (χ1v) is 9.94. The van der Waals surface area contributed by atoms with Crippen LogP contribution in [0.4, 0.5) is 4.39 Å². The van der Waals surface area contributed by atoms with E-state index < -0.39 is 0 Å². The molecule has 0 atom stereocenters. The molecule has 156 valence electrons. The van der Waals surface area contributed by atoms with Crippen molar-refractivity contribution in [3.8, 4) is 5.75 Å². The Hall–Kier alpha value is -3.26. The number of nitrogens with one attached hydrogen (secondary N) is 1. The van der Waals surface area contributed by atoms with Crippen molar-refractivity contribution < 1.29 is 18.8 Å². The van der Waals surface area contributed by atoms with E-state index in [1.54, 1.807) is 28.9 Å². The number of nitrogens with zero attached hydrogens (tertiary/aromatic N) is 3. The van der Waals surface area contributed by atoms with Gasteiger partial charge in [0.05, 0.1) is 45.0 Å². The number of hydrogen-bond acceptors (Lipinski definition) is 4. The summed E-state index contributed by atoms with van der Waals surface area (Å²) in [6.45, 7) is 3.64. The highest BCUT2D eigenvalue weighted by Crippen LogP contribution is 2.17. The van der Waals surface area contributed by atoms with Gasteiger partial charge in [0.15, 0.2) is 11.6 Å². The van der Waals surface area contributed by atoms with E-state index in [9.17, 15) is 14.0 Å². The number of carbonyl (C=O) groups is 1. The Labute approximate surface area is 173 Å². The van der Waals surface area contributed by atoms with Gasteiger partial charge < -0.3 is 14.5 Å². The lowest BCUT2D eigenvalue weighted by Gasteiger charge is -2.32. The van der Waals surface area contributed by atoms with Crippen molar-refractivity contribution in [3.63, 3.8) is 0 Å². The summed E-state index contributed by atoms with van der Waals surface area (Å²) in [5.41, 5.74) is 1.41. The molecular weight excluding hydrogens is 387 g/mol. The van der Waals surface area contributed by atoms with E-state index in [2.05, 4.69) is 5.10 Å². The fourth-order valence-corrected chi connectivity index (χ4v) is 3.87. The van der Waals surface area contributed by atoms with Crippen LogP contribution in [0.2, 0.25) is 0 Å². The van der Waals surface area contributed by atoms with E-state index in [1.165, 1.54) is 24.3 Å². The molecule has 1 aromatic heterocycles. The maximum Gasteiger partial charge on any atom is 0.244 e. The highest BCUT2D eigenvalue weighted by molar-refractivity contribution is 5.81. The summed E-state index contributed by atoms with van der Waals surface area (Å²) in [6.07, 6.45) is 1.26. The zero-order valence-corrected chi connectivity index (χ0v) is 16.8. The number of para-hydroxylation sites is 1. The van der Waals surface area contributed by atoms with Gasteiger partial charge in [0.2, 0.25) is 11.3 Å². The Kier molecular flexibility index (Phi) is 5.76. The fraction of sp³-hybridized carbons (Fsp3) is 0.318. The van der Waals surface area contributed by atoms with Gasteiger partial charge >= 0.3 is 0 Å². The Morgan fingerprint density at radius 2 is 1.97 bits per heavy atom. The quantitative estimate of drug-likeness (QED) is 0.663. The fourth-order valence-electron chi connectivity index (χ4n) is 3.87. The highest BCUT2D eigenvalue weighted by Gasteiger charge is 2.24. The zero-order valence-electron chi connectivity index (χ0n) is 16.8. The van der Waals surface area contributed by atoms with Crippen molar-refractivity contribution >= 4 is 16.8 Å². The molecule has 1 fully saturated rings. The van der Waals surface area contributed by atoms with Crippen LogP contribution in [0, 0.1) is 5.82 Å². The van der Waals surface area contributed by atoms with Crippen molar-refractivity contribution in [1.82, 2.24) is 14.7 Å². The van der Waals surface area contributed by atoms with Gasteiger partial charge in [-0.05, 0) is 30.3 Å². The van der Waals surface area contributed by atoms with Crippen LogP contribution in [0.3, 0.4) is 0 Å². The largest absolute Gasteiger partial charge is 0.494 e. The molecule has 0 bridgehead atoms. The van der Waals surface area contributed by atoms with Crippen LogP contribution in [0.5, 0.6) is 5.75 Å². The van der Waals surface area contributed by atoms with Crippen LogP contribution < -0.4 is 15.1 Å². The van der Waals surface area contributed by atoms with Crippen molar-refractivity contribution in [3.05, 3.63) is 70.3 Å². The molecule has 2 heterocycles. The molecule has 30 heavy (non-hydrogen) atoms. The van der Waals surface area contributed by atoms with E-state index in [4.69, 9.17) is 4.74 Å². The number of methoxy groups -OCH3 is 1. The molecular formula is C22H24FN4O3+. The van der Waals surface area contributed by atoms with Crippen LogP contribution in [0.1, 0.15) is 5.56 Å². The lowest BCUT2D eigenvalue weighted by Crippen LogP contribution is -3.13. The average molecular weight is 411 g/mol. The molecule has 0 unspecified atom stereocenters. The summed E-state index contributed by atoms with van der Waals surface area (Å²) >= 11 is 0. The number of hydrogen-bond donors (Lipinski definition) is 1. The smallest absolute Gasteiger partial charge is 0.244 e. The van der Waals surface area contributed by atoms with E-state index in [0.29, 0.717) is 30.5 Å². The van der Waals surface area contributed by atoms with Crippen molar-refractivity contribution in [2.45, 2.75) is 13.1 Å². The van der Waals surface area contributed by atoms with Crippen LogP contribution in [-0.2, 0) is 17.9 Å². The number of benzene rings is 2. The Balaban J connectivity index is 1.36. The molecule has 1 N–H and O–H groups in total. The van der Waals surface area contributed by atoms with E-state index in [0.717, 1.165) is 18.7 Å². The first-order valence-electron chi connectivity index (χ1n) is 9.94. The number of quaternary nitrogens is 1. The zero-order chi connectivity index (χ0) is 21.1. The predicted octanol–water partition coefficient (Wildman–Crippen LogP) is 0.472. The number of carbonyl (C=O) groups excluding carboxylic acids is 1. The van der Waals surface area contributed by atoms with Gasteiger partial charge in [0.1, 0.15) is 13.1 Å². The summed E-state index contributed by atoms with van der Waals surface area (Å²) in [4.78, 5) is 27.9. The summed E-state index contributed by atoms with van der Waals surface area (Å²) < 4.78 is 20.4. The van der Waals surface area contributed by atoms with Crippen LogP contribution in [0.25, 0.3) is 10.9 Å². The van der Waals surface area contributed by atoms with Gasteiger partial charge in [-0.2, -0.15) is 5.10 Å². The molecule has 1 amide bonds. The van der Waals surface area contributed by atoms with Crippen molar-refractivity contribution in [2.24, 2.45) is 0 Å². The topological polar surface area (TPSA) is 68.9 Å². The first kappa shape index (κ1) is 20.0. The number of piperazine rings is 1. The second-order valence-corrected chi connectivity index (χ2v) is 7.46. The SMILES string of the molecule is COc1ccc(C[NH+]2CCN(C(=O)Cn3ncc(=O)c4ccccc43)CC2)cc1F. The lowest BCUT2D eigenvalue weighted by atomic mass is 10.2. The monoisotopic (exact) mass is 411 g/mol. The molecule has 0 aliphatic carbocycles.